The van der Waals surface area contributed by atoms with Crippen LogP contribution in [0.2, 0.25) is 0 Å². The number of carbonyl (C=O) groups is 3. The van der Waals surface area contributed by atoms with Crippen molar-refractivity contribution in [2.24, 2.45) is 11.8 Å². The van der Waals surface area contributed by atoms with E-state index in [9.17, 15) is 24.6 Å². The highest BCUT2D eigenvalue weighted by atomic mass is 16.4. The van der Waals surface area contributed by atoms with Crippen LogP contribution in [0.5, 0.6) is 5.75 Å². The van der Waals surface area contributed by atoms with Crippen molar-refractivity contribution in [3.05, 3.63) is 65.9 Å². The molecule has 8 heteroatoms. The third-order valence-corrected chi connectivity index (χ3v) is 6.86. The van der Waals surface area contributed by atoms with Crippen LogP contribution in [0.1, 0.15) is 24.1 Å². The van der Waals surface area contributed by atoms with Gasteiger partial charge in [-0.3, -0.25) is 24.6 Å². The van der Waals surface area contributed by atoms with Crippen LogP contribution in [0.15, 0.2) is 54.7 Å². The van der Waals surface area contributed by atoms with Crippen LogP contribution in [-0.4, -0.2) is 50.0 Å². The topological polar surface area (TPSA) is 123 Å². The van der Waals surface area contributed by atoms with E-state index in [0.29, 0.717) is 5.56 Å². The van der Waals surface area contributed by atoms with Crippen LogP contribution in [0.25, 0.3) is 10.9 Å². The zero-order valence-corrected chi connectivity index (χ0v) is 17.4. The molecule has 2 aliphatic heterocycles. The number of H-pyrrole nitrogens is 1. The third kappa shape index (κ3) is 2.69. The lowest BCUT2D eigenvalue weighted by Crippen LogP contribution is -2.57. The Morgan fingerprint density at radius 1 is 1.09 bits per heavy atom. The van der Waals surface area contributed by atoms with Crippen molar-refractivity contribution in [1.82, 2.24) is 15.2 Å². The van der Waals surface area contributed by atoms with Crippen LogP contribution in [0.3, 0.4) is 0 Å². The molecule has 2 aromatic carbocycles. The lowest BCUT2D eigenvalue weighted by molar-refractivity contribution is -0.151. The highest BCUT2D eigenvalue weighted by molar-refractivity contribution is 6.09. The van der Waals surface area contributed by atoms with E-state index in [1.165, 1.54) is 6.07 Å². The zero-order valence-electron chi connectivity index (χ0n) is 17.4. The molecule has 5 rings (SSSR count). The number of aromatic amines is 1. The number of aromatic hydroxyl groups is 1. The molecule has 32 heavy (non-hydrogen) atoms. The van der Waals surface area contributed by atoms with E-state index in [-0.39, 0.29) is 18.7 Å². The number of imide groups is 1. The number of phenols is 1. The summed E-state index contributed by atoms with van der Waals surface area (Å²) in [7, 11) is 0. The second-order valence-corrected chi connectivity index (χ2v) is 8.42. The van der Waals surface area contributed by atoms with Gasteiger partial charge in [-0.2, -0.15) is 0 Å². The quantitative estimate of drug-likeness (QED) is 0.458. The first-order valence-electron chi connectivity index (χ1n) is 10.6. The number of benzene rings is 2. The van der Waals surface area contributed by atoms with Gasteiger partial charge in [-0.15, -0.1) is 0 Å². The Hall–Kier alpha value is -3.65. The summed E-state index contributed by atoms with van der Waals surface area (Å²) < 4.78 is 0. The number of carbonyl (C=O) groups excluding carboxylic acids is 2. The summed E-state index contributed by atoms with van der Waals surface area (Å²) in [6, 6.07) is 13.2. The normalized spacial score (nSPS) is 27.3. The molecule has 0 aliphatic carbocycles. The molecule has 2 saturated heterocycles. The molecule has 4 unspecified atom stereocenters. The molecule has 1 aromatic heterocycles. The number of aliphatic carboxylic acids is 1. The van der Waals surface area contributed by atoms with Crippen LogP contribution in [-0.2, 0) is 20.8 Å². The maximum Gasteiger partial charge on any atom is 0.325 e. The number of nitrogens with one attached hydrogen (secondary N) is 2. The molecular weight excluding hydrogens is 410 g/mol. The fourth-order valence-corrected chi connectivity index (χ4v) is 5.41. The summed E-state index contributed by atoms with van der Waals surface area (Å²) in [5.41, 5.74) is 0.295. The molecule has 2 fully saturated rings. The molecule has 3 heterocycles. The molecule has 0 spiro atoms. The second-order valence-electron chi connectivity index (χ2n) is 8.42. The van der Waals surface area contributed by atoms with Gasteiger partial charge in [0.1, 0.15) is 11.3 Å². The first-order chi connectivity index (χ1) is 15.4. The summed E-state index contributed by atoms with van der Waals surface area (Å²) in [6.45, 7) is 1.86. The zero-order chi connectivity index (χ0) is 22.6. The fourth-order valence-electron chi connectivity index (χ4n) is 5.41. The van der Waals surface area contributed by atoms with E-state index in [1.54, 1.807) is 31.3 Å². The number of fused-ring (bicyclic) bond motifs is 2. The first kappa shape index (κ1) is 20.3. The Bertz CT molecular complexity index is 1250. The summed E-state index contributed by atoms with van der Waals surface area (Å²) >= 11 is 0. The number of carboxylic acids is 1. The number of aromatic nitrogens is 1. The average molecular weight is 433 g/mol. The van der Waals surface area contributed by atoms with E-state index in [4.69, 9.17) is 0 Å². The third-order valence-electron chi connectivity index (χ3n) is 6.86. The Kier molecular flexibility index (Phi) is 4.56. The summed E-state index contributed by atoms with van der Waals surface area (Å²) in [6.07, 6.45) is 1.76. The largest absolute Gasteiger partial charge is 0.508 e. The Morgan fingerprint density at radius 2 is 1.81 bits per heavy atom. The van der Waals surface area contributed by atoms with E-state index in [2.05, 4.69) is 10.3 Å². The number of likely N-dealkylation sites (tertiary alicyclic amines) is 1. The van der Waals surface area contributed by atoms with Gasteiger partial charge in [0.05, 0.1) is 11.8 Å². The van der Waals surface area contributed by atoms with Crippen molar-refractivity contribution in [3.63, 3.8) is 0 Å². The maximum atomic E-state index is 13.3. The standard InChI is InChI=1S/C24H23N3O5/c1-2-27-21(29)18-19(22(27)30)24(23(31)32,26-20(18)15-8-4-6-10-17(15)28)11-13-12-25-16-9-5-3-7-14(13)16/h3-10,12,18-20,25-26,28H,2,11H2,1H3,(H,31,32). The van der Waals surface area contributed by atoms with E-state index in [0.717, 1.165) is 21.4 Å². The number of rotatable bonds is 5. The molecule has 3 aromatic rings. The second kappa shape index (κ2) is 7.20. The van der Waals surface area contributed by atoms with Crippen LogP contribution < -0.4 is 5.32 Å². The minimum atomic E-state index is -1.71. The van der Waals surface area contributed by atoms with Crippen molar-refractivity contribution >= 4 is 28.7 Å². The monoisotopic (exact) mass is 433 g/mol. The Morgan fingerprint density at radius 3 is 2.53 bits per heavy atom. The van der Waals surface area contributed by atoms with Gasteiger partial charge in [0, 0.05) is 41.7 Å². The van der Waals surface area contributed by atoms with Gasteiger partial charge in [0.15, 0.2) is 0 Å². The summed E-state index contributed by atoms with van der Waals surface area (Å²) in [5, 5.41) is 24.9. The number of phenolic OH excluding ortho intramolecular Hbond substituents is 1. The van der Waals surface area contributed by atoms with Crippen molar-refractivity contribution < 1.29 is 24.6 Å². The van der Waals surface area contributed by atoms with Gasteiger partial charge in [0.2, 0.25) is 11.8 Å². The lowest BCUT2D eigenvalue weighted by atomic mass is 9.76. The lowest BCUT2D eigenvalue weighted by Gasteiger charge is -2.31. The van der Waals surface area contributed by atoms with E-state index < -0.39 is 41.2 Å². The molecular formula is C24H23N3O5. The van der Waals surface area contributed by atoms with E-state index in [1.807, 2.05) is 24.3 Å². The van der Waals surface area contributed by atoms with Crippen molar-refractivity contribution in [3.8, 4) is 5.75 Å². The molecule has 0 saturated carbocycles. The molecule has 4 atom stereocenters. The van der Waals surface area contributed by atoms with Crippen molar-refractivity contribution in [1.29, 1.82) is 0 Å². The maximum absolute atomic E-state index is 13.3. The summed E-state index contributed by atoms with van der Waals surface area (Å²) in [5.74, 6) is -4.16. The molecule has 164 valence electrons. The first-order valence-corrected chi connectivity index (χ1v) is 10.6. The number of carboxylic acid groups (broad SMARTS) is 1. The van der Waals surface area contributed by atoms with Gasteiger partial charge in [-0.05, 0) is 24.6 Å². The molecule has 2 amide bonds. The smallest absolute Gasteiger partial charge is 0.325 e. The predicted octanol–water partition coefficient (Wildman–Crippen LogP) is 2.21. The van der Waals surface area contributed by atoms with Crippen LogP contribution in [0.4, 0.5) is 0 Å². The molecule has 0 bridgehead atoms. The SMILES string of the molecule is CCN1C(=O)C2C(c3ccccc3O)NC(Cc3c[nH]c4ccccc34)(C(=O)O)C2C1=O. The number of hydrogen-bond donors (Lipinski definition) is 4. The molecule has 0 radical (unpaired) electrons. The number of para-hydroxylation sites is 2. The number of amides is 2. The predicted molar refractivity (Wildman–Crippen MR) is 116 cm³/mol. The average Bonchev–Trinajstić information content (AvgIpc) is 3.42. The van der Waals surface area contributed by atoms with Crippen LogP contribution in [0, 0.1) is 11.8 Å². The molecule has 8 nitrogen and oxygen atoms in total. The van der Waals surface area contributed by atoms with Gasteiger partial charge < -0.3 is 15.2 Å². The van der Waals surface area contributed by atoms with Crippen molar-refractivity contribution in [2.45, 2.75) is 24.9 Å². The molecule has 4 N–H and O–H groups in total. The van der Waals surface area contributed by atoms with Crippen molar-refractivity contribution in [2.75, 3.05) is 6.54 Å². The van der Waals surface area contributed by atoms with Gasteiger partial charge in [-0.1, -0.05) is 36.4 Å². The Balaban J connectivity index is 1.68. The highest BCUT2D eigenvalue weighted by Crippen LogP contribution is 2.51. The fraction of sp³-hybridized carbons (Fsp3) is 0.292. The number of hydrogen-bond acceptors (Lipinski definition) is 5. The minimum absolute atomic E-state index is 0.00812. The number of nitrogens with zero attached hydrogens (tertiary/aromatic N) is 1. The van der Waals surface area contributed by atoms with E-state index >= 15 is 0 Å². The summed E-state index contributed by atoms with van der Waals surface area (Å²) in [4.78, 5) is 43.7. The minimum Gasteiger partial charge on any atom is -0.508 e. The highest BCUT2D eigenvalue weighted by Gasteiger charge is 2.68. The van der Waals surface area contributed by atoms with Crippen LogP contribution >= 0.6 is 0 Å². The van der Waals surface area contributed by atoms with Gasteiger partial charge >= 0.3 is 5.97 Å². The van der Waals surface area contributed by atoms with Gasteiger partial charge in [0.25, 0.3) is 0 Å². The molecule has 2 aliphatic rings. The Labute approximate surface area is 183 Å². The van der Waals surface area contributed by atoms with Gasteiger partial charge in [-0.25, -0.2) is 0 Å².